The van der Waals surface area contributed by atoms with Crippen molar-refractivity contribution in [3.63, 3.8) is 0 Å². The molecule has 3 aromatic rings. The van der Waals surface area contributed by atoms with Crippen LogP contribution in [0.2, 0.25) is 0 Å². The van der Waals surface area contributed by atoms with Crippen LogP contribution in [0.1, 0.15) is 54.5 Å². The molecule has 0 bridgehead atoms. The number of amides is 1. The molecule has 4 N–H and O–H groups in total. The summed E-state index contributed by atoms with van der Waals surface area (Å²) >= 11 is 0. The fourth-order valence-corrected chi connectivity index (χ4v) is 4.89. The van der Waals surface area contributed by atoms with Crippen LogP contribution in [0, 0.1) is 6.92 Å². The zero-order valence-electron chi connectivity index (χ0n) is 22.0. The second kappa shape index (κ2) is 9.94. The summed E-state index contributed by atoms with van der Waals surface area (Å²) in [5.74, 6) is 1.75. The molecule has 1 fully saturated rings. The number of carbonyl (C=O) groups is 1. The highest BCUT2D eigenvalue weighted by Crippen LogP contribution is 2.32. The molecule has 2 aliphatic heterocycles. The van der Waals surface area contributed by atoms with Gasteiger partial charge in [0.15, 0.2) is 11.6 Å². The molecular formula is C25H35N11O. The minimum absolute atomic E-state index is 0.127. The Kier molecular flexibility index (Phi) is 6.69. The number of hydrogen-bond acceptors (Lipinski definition) is 10. The third-order valence-corrected chi connectivity index (χ3v) is 7.09. The number of carbonyl (C=O) groups excluding carboxylic acids is 1. The molecule has 1 amide bonds. The summed E-state index contributed by atoms with van der Waals surface area (Å²) in [7, 11) is 3.75. The van der Waals surface area contributed by atoms with Gasteiger partial charge in [0.1, 0.15) is 6.17 Å². The standard InChI is InChI=1S/C25H35N11O/c1-16-19(13-17(14-27-16)23(37)26-9-12-36-10-6-8-25(36,2)3)29-21-18-15-28-24(31-22(18)35(5)33-21)30-20-7-11-34(4)32-20/h7,11,13-15,21,29,33H,6,8-10,12H2,1-5H3,(H,26,37)(H,28,30,31,32). The van der Waals surface area contributed by atoms with E-state index in [1.54, 1.807) is 17.1 Å². The number of aromatic nitrogens is 5. The fraction of sp³-hybridized carbons (Fsp3) is 0.480. The molecule has 0 saturated carbocycles. The molecule has 1 atom stereocenters. The lowest BCUT2D eigenvalue weighted by molar-refractivity contribution is 0.0940. The van der Waals surface area contributed by atoms with Crippen LogP contribution >= 0.6 is 0 Å². The van der Waals surface area contributed by atoms with Crippen molar-refractivity contribution in [1.29, 1.82) is 0 Å². The molecule has 5 rings (SSSR count). The average Bonchev–Trinajstić information content (AvgIpc) is 3.52. The number of aryl methyl sites for hydroxylation is 2. The Hall–Kier alpha value is -3.77. The van der Waals surface area contributed by atoms with Gasteiger partial charge in [-0.25, -0.2) is 10.4 Å². The average molecular weight is 506 g/mol. The Morgan fingerprint density at radius 2 is 2.08 bits per heavy atom. The first-order chi connectivity index (χ1) is 17.7. The molecule has 37 heavy (non-hydrogen) atoms. The Morgan fingerprint density at radius 1 is 1.24 bits per heavy atom. The molecule has 1 saturated heterocycles. The second-order valence-electron chi connectivity index (χ2n) is 10.3. The van der Waals surface area contributed by atoms with Crippen LogP contribution in [-0.4, -0.2) is 67.8 Å². The van der Waals surface area contributed by atoms with Crippen LogP contribution in [0.5, 0.6) is 0 Å². The maximum Gasteiger partial charge on any atom is 0.252 e. The van der Waals surface area contributed by atoms with E-state index >= 15 is 0 Å². The van der Waals surface area contributed by atoms with E-state index in [0.29, 0.717) is 23.9 Å². The van der Waals surface area contributed by atoms with Crippen LogP contribution in [-0.2, 0) is 7.05 Å². The number of nitrogens with zero attached hydrogens (tertiary/aromatic N) is 7. The normalized spacial score (nSPS) is 18.6. The minimum Gasteiger partial charge on any atom is -0.363 e. The Balaban J connectivity index is 1.24. The lowest BCUT2D eigenvalue weighted by atomic mass is 10.0. The van der Waals surface area contributed by atoms with Crippen molar-refractivity contribution in [2.75, 3.05) is 42.3 Å². The van der Waals surface area contributed by atoms with E-state index in [4.69, 9.17) is 0 Å². The zero-order chi connectivity index (χ0) is 26.2. The first-order valence-corrected chi connectivity index (χ1v) is 12.6. The highest BCUT2D eigenvalue weighted by Gasteiger charge is 2.31. The molecular weight excluding hydrogens is 470 g/mol. The summed E-state index contributed by atoms with van der Waals surface area (Å²) < 4.78 is 1.71. The van der Waals surface area contributed by atoms with Gasteiger partial charge in [0.05, 0.1) is 22.5 Å². The molecule has 5 heterocycles. The molecule has 0 spiro atoms. The highest BCUT2D eigenvalue weighted by atomic mass is 16.1. The minimum atomic E-state index is -0.278. The van der Waals surface area contributed by atoms with Gasteiger partial charge >= 0.3 is 0 Å². The van der Waals surface area contributed by atoms with Crippen LogP contribution < -0.4 is 26.4 Å². The van der Waals surface area contributed by atoms with Gasteiger partial charge in [0.25, 0.3) is 5.91 Å². The van der Waals surface area contributed by atoms with E-state index in [9.17, 15) is 4.79 Å². The van der Waals surface area contributed by atoms with Crippen molar-refractivity contribution in [1.82, 2.24) is 40.4 Å². The predicted octanol–water partition coefficient (Wildman–Crippen LogP) is 2.33. The molecule has 3 aromatic heterocycles. The molecule has 12 nitrogen and oxygen atoms in total. The summed E-state index contributed by atoms with van der Waals surface area (Å²) in [5, 5.41) is 15.8. The van der Waals surface area contributed by atoms with Crippen molar-refractivity contribution in [2.24, 2.45) is 7.05 Å². The number of pyridine rings is 1. The Morgan fingerprint density at radius 3 is 2.81 bits per heavy atom. The van der Waals surface area contributed by atoms with E-state index in [1.807, 2.05) is 44.4 Å². The predicted molar refractivity (Wildman–Crippen MR) is 143 cm³/mol. The number of hydrogen-bond donors (Lipinski definition) is 4. The van der Waals surface area contributed by atoms with Crippen LogP contribution in [0.25, 0.3) is 0 Å². The number of hydrazine groups is 1. The summed E-state index contributed by atoms with van der Waals surface area (Å²) in [6, 6.07) is 3.70. The summed E-state index contributed by atoms with van der Waals surface area (Å²) in [4.78, 5) is 28.9. The van der Waals surface area contributed by atoms with E-state index in [-0.39, 0.29) is 17.6 Å². The lowest BCUT2D eigenvalue weighted by Gasteiger charge is -2.31. The molecule has 1 unspecified atom stereocenters. The second-order valence-corrected chi connectivity index (χ2v) is 10.3. The van der Waals surface area contributed by atoms with Crippen LogP contribution in [0.4, 0.5) is 23.3 Å². The van der Waals surface area contributed by atoms with Crippen molar-refractivity contribution in [2.45, 2.75) is 45.3 Å². The molecule has 0 radical (unpaired) electrons. The van der Waals surface area contributed by atoms with Gasteiger partial charge in [0.2, 0.25) is 5.95 Å². The van der Waals surface area contributed by atoms with E-state index in [0.717, 1.165) is 35.9 Å². The third-order valence-electron chi connectivity index (χ3n) is 7.09. The number of rotatable bonds is 8. The summed E-state index contributed by atoms with van der Waals surface area (Å²) in [6.45, 7) is 8.97. The van der Waals surface area contributed by atoms with Gasteiger partial charge in [-0.05, 0) is 46.2 Å². The quantitative estimate of drug-likeness (QED) is 0.362. The molecule has 12 heteroatoms. The maximum atomic E-state index is 12.9. The molecule has 0 aliphatic carbocycles. The number of fused-ring (bicyclic) bond motifs is 1. The van der Waals surface area contributed by atoms with Gasteiger partial charge in [-0.1, -0.05) is 0 Å². The first kappa shape index (κ1) is 24.9. The third kappa shape index (κ3) is 5.35. The Bertz CT molecular complexity index is 1290. The van der Waals surface area contributed by atoms with Crippen LogP contribution in [0.15, 0.2) is 30.7 Å². The summed E-state index contributed by atoms with van der Waals surface area (Å²) in [5.41, 5.74) is 6.51. The van der Waals surface area contributed by atoms with E-state index in [2.05, 4.69) is 60.2 Å². The first-order valence-electron chi connectivity index (χ1n) is 12.6. The molecule has 2 aliphatic rings. The number of anilines is 4. The van der Waals surface area contributed by atoms with Crippen molar-refractivity contribution >= 4 is 29.2 Å². The maximum absolute atomic E-state index is 12.9. The lowest BCUT2D eigenvalue weighted by Crippen LogP contribution is -2.43. The van der Waals surface area contributed by atoms with Gasteiger partial charge in [-0.2, -0.15) is 10.1 Å². The van der Waals surface area contributed by atoms with Gasteiger partial charge < -0.3 is 16.0 Å². The zero-order valence-corrected chi connectivity index (χ0v) is 22.0. The van der Waals surface area contributed by atoms with Crippen molar-refractivity contribution in [3.05, 3.63) is 47.5 Å². The van der Waals surface area contributed by atoms with Gasteiger partial charge in [0, 0.05) is 57.4 Å². The monoisotopic (exact) mass is 505 g/mol. The highest BCUT2D eigenvalue weighted by molar-refractivity contribution is 5.94. The van der Waals surface area contributed by atoms with Crippen molar-refractivity contribution in [3.8, 4) is 0 Å². The number of likely N-dealkylation sites (tertiary alicyclic amines) is 1. The van der Waals surface area contributed by atoms with Gasteiger partial charge in [-0.15, -0.1) is 0 Å². The smallest absolute Gasteiger partial charge is 0.252 e. The van der Waals surface area contributed by atoms with Crippen molar-refractivity contribution < 1.29 is 4.79 Å². The molecule has 0 aromatic carbocycles. The van der Waals surface area contributed by atoms with Gasteiger partial charge in [-0.3, -0.25) is 24.4 Å². The number of nitrogens with one attached hydrogen (secondary N) is 4. The van der Waals surface area contributed by atoms with E-state index < -0.39 is 0 Å². The fourth-order valence-electron chi connectivity index (χ4n) is 4.89. The Labute approximate surface area is 216 Å². The largest absolute Gasteiger partial charge is 0.363 e. The molecule has 196 valence electrons. The summed E-state index contributed by atoms with van der Waals surface area (Å²) in [6.07, 6.45) is 7.37. The van der Waals surface area contributed by atoms with E-state index in [1.165, 1.54) is 12.8 Å². The topological polar surface area (TPSA) is 128 Å². The van der Waals surface area contributed by atoms with Crippen LogP contribution in [0.3, 0.4) is 0 Å². The SMILES string of the molecule is Cc1ncc(C(=O)NCCN2CCCC2(C)C)cc1NC1NN(C)c2nc(Nc3ccn(C)n3)ncc21.